The number of hydrogen-bond donors (Lipinski definition) is 0. The molecule has 1 atom stereocenters. The van der Waals surface area contributed by atoms with Crippen molar-refractivity contribution < 1.29 is 4.79 Å². The minimum absolute atomic E-state index is 0.312. The zero-order chi connectivity index (χ0) is 17.1. The normalized spacial score (nSPS) is 11.7. The molecule has 2 aromatic heterocycles. The van der Waals surface area contributed by atoms with Crippen molar-refractivity contribution in [3.8, 4) is 16.6 Å². The number of nitrogens with zero attached hydrogens (tertiary/aromatic N) is 3. The summed E-state index contributed by atoms with van der Waals surface area (Å²) < 4.78 is 0. The summed E-state index contributed by atoms with van der Waals surface area (Å²) in [5.41, 5.74) is 4.07. The quantitative estimate of drug-likeness (QED) is 0.667. The molecule has 0 unspecified atom stereocenters. The molecule has 1 aromatic carbocycles. The molecule has 2 heterocycles. The van der Waals surface area contributed by atoms with Gasteiger partial charge in [-0.1, -0.05) is 29.8 Å². The van der Waals surface area contributed by atoms with Crippen molar-refractivity contribution in [2.24, 2.45) is 0 Å². The second-order valence-electron chi connectivity index (χ2n) is 5.54. The van der Waals surface area contributed by atoms with Crippen molar-refractivity contribution in [3.05, 3.63) is 70.5 Å². The number of carbonyl (C=O) groups excluding carboxylic acids is 1. The molecule has 0 bridgehead atoms. The van der Waals surface area contributed by atoms with Crippen molar-refractivity contribution in [2.45, 2.75) is 19.8 Å². The van der Waals surface area contributed by atoms with Crippen LogP contribution in [0.5, 0.6) is 0 Å². The summed E-state index contributed by atoms with van der Waals surface area (Å²) in [6.07, 6.45) is 1.58. The van der Waals surface area contributed by atoms with E-state index in [2.05, 4.69) is 16.0 Å². The first-order valence-electron chi connectivity index (χ1n) is 7.48. The molecule has 3 rings (SSSR count). The maximum absolute atomic E-state index is 12.6. The first kappa shape index (κ1) is 16.0. The summed E-state index contributed by atoms with van der Waals surface area (Å²) in [5, 5.41) is 11.9. The van der Waals surface area contributed by atoms with Crippen LogP contribution in [-0.4, -0.2) is 15.8 Å². The van der Waals surface area contributed by atoms with Crippen LogP contribution in [0, 0.1) is 25.2 Å². The summed E-state index contributed by atoms with van der Waals surface area (Å²) in [5.74, 6) is -1.25. The molecule has 0 fully saturated rings. The lowest BCUT2D eigenvalue weighted by Crippen LogP contribution is -2.13. The van der Waals surface area contributed by atoms with Crippen LogP contribution >= 0.6 is 11.3 Å². The summed E-state index contributed by atoms with van der Waals surface area (Å²) in [6, 6.07) is 13.4. The summed E-state index contributed by atoms with van der Waals surface area (Å²) in [6.45, 7) is 4.06. The lowest BCUT2D eigenvalue weighted by Gasteiger charge is -2.05. The first-order chi connectivity index (χ1) is 11.6. The predicted octanol–water partition coefficient (Wildman–Crippen LogP) is 4.31. The van der Waals surface area contributed by atoms with E-state index >= 15 is 0 Å². The predicted molar refractivity (Wildman–Crippen MR) is 93.9 cm³/mol. The Bertz CT molecular complexity index is 925. The van der Waals surface area contributed by atoms with E-state index in [1.54, 1.807) is 29.8 Å². The van der Waals surface area contributed by atoms with Crippen LogP contribution in [0.25, 0.3) is 10.6 Å². The van der Waals surface area contributed by atoms with E-state index in [4.69, 9.17) is 0 Å². The Kier molecular flexibility index (Phi) is 4.50. The van der Waals surface area contributed by atoms with Crippen LogP contribution in [-0.2, 0) is 0 Å². The standard InChI is InChI=1S/C19H15N3OS/c1-12-6-7-14(13(2)9-12)19-22-17(11-24-19)18(23)15(10-20)16-5-3-4-8-21-16/h3-9,11,15H,1-2H3/t15-/m0/s1. The number of Topliss-reactive ketones (excluding diaryl/α,β-unsaturated/α-hetero) is 1. The Morgan fingerprint density at radius 3 is 2.75 bits per heavy atom. The van der Waals surface area contributed by atoms with Gasteiger partial charge >= 0.3 is 0 Å². The van der Waals surface area contributed by atoms with Crippen molar-refractivity contribution in [1.82, 2.24) is 9.97 Å². The lowest BCUT2D eigenvalue weighted by molar-refractivity contribution is 0.0973. The van der Waals surface area contributed by atoms with Crippen LogP contribution in [0.2, 0.25) is 0 Å². The SMILES string of the molecule is Cc1ccc(-c2nc(C(=O)[C@@H](C#N)c3ccccn3)cs2)c(C)c1. The monoisotopic (exact) mass is 333 g/mol. The fourth-order valence-corrected chi connectivity index (χ4v) is 3.42. The average Bonchev–Trinajstić information content (AvgIpc) is 3.06. The van der Waals surface area contributed by atoms with Crippen molar-refractivity contribution in [3.63, 3.8) is 0 Å². The van der Waals surface area contributed by atoms with E-state index < -0.39 is 5.92 Å². The number of aryl methyl sites for hydroxylation is 2. The molecular formula is C19H15N3OS. The van der Waals surface area contributed by atoms with E-state index in [9.17, 15) is 10.1 Å². The summed E-state index contributed by atoms with van der Waals surface area (Å²) in [4.78, 5) is 21.2. The van der Waals surface area contributed by atoms with E-state index in [0.29, 0.717) is 11.4 Å². The van der Waals surface area contributed by atoms with Crippen LogP contribution in [0.4, 0.5) is 0 Å². The van der Waals surface area contributed by atoms with E-state index in [1.807, 2.05) is 32.0 Å². The largest absolute Gasteiger partial charge is 0.290 e. The van der Waals surface area contributed by atoms with Gasteiger partial charge < -0.3 is 0 Å². The van der Waals surface area contributed by atoms with Crippen LogP contribution in [0.15, 0.2) is 48.0 Å². The number of thiazole rings is 1. The maximum atomic E-state index is 12.6. The third-order valence-corrected chi connectivity index (χ3v) is 4.62. The highest BCUT2D eigenvalue weighted by molar-refractivity contribution is 7.13. The van der Waals surface area contributed by atoms with Gasteiger partial charge in [0.15, 0.2) is 5.92 Å². The van der Waals surface area contributed by atoms with Crippen LogP contribution < -0.4 is 0 Å². The zero-order valence-corrected chi connectivity index (χ0v) is 14.2. The fraction of sp³-hybridized carbons (Fsp3) is 0.158. The van der Waals surface area contributed by atoms with Gasteiger partial charge in [0.1, 0.15) is 10.7 Å². The molecule has 24 heavy (non-hydrogen) atoms. The van der Waals surface area contributed by atoms with Crippen LogP contribution in [0.3, 0.4) is 0 Å². The topological polar surface area (TPSA) is 66.6 Å². The second-order valence-corrected chi connectivity index (χ2v) is 6.40. The Labute approximate surface area is 144 Å². The lowest BCUT2D eigenvalue weighted by atomic mass is 9.99. The Balaban J connectivity index is 1.92. The number of pyridine rings is 1. The molecule has 0 spiro atoms. The number of carbonyl (C=O) groups is 1. The molecule has 0 aliphatic rings. The van der Waals surface area contributed by atoms with E-state index in [0.717, 1.165) is 16.1 Å². The number of benzene rings is 1. The molecule has 0 saturated carbocycles. The van der Waals surface area contributed by atoms with Gasteiger partial charge in [-0.3, -0.25) is 9.78 Å². The van der Waals surface area contributed by atoms with Gasteiger partial charge in [-0.15, -0.1) is 11.3 Å². The Morgan fingerprint density at radius 2 is 2.08 bits per heavy atom. The Morgan fingerprint density at radius 1 is 1.25 bits per heavy atom. The van der Waals surface area contributed by atoms with E-state index in [1.165, 1.54) is 16.9 Å². The zero-order valence-electron chi connectivity index (χ0n) is 13.4. The van der Waals surface area contributed by atoms with Gasteiger partial charge in [0.05, 0.1) is 11.8 Å². The summed E-state index contributed by atoms with van der Waals surface area (Å²) >= 11 is 1.41. The van der Waals surface area contributed by atoms with Gasteiger partial charge in [-0.25, -0.2) is 4.98 Å². The number of hydrogen-bond acceptors (Lipinski definition) is 5. The minimum Gasteiger partial charge on any atom is -0.290 e. The number of ketones is 1. The van der Waals surface area contributed by atoms with Crippen LogP contribution in [0.1, 0.15) is 33.2 Å². The number of nitriles is 1. The van der Waals surface area contributed by atoms with Crippen molar-refractivity contribution >= 4 is 17.1 Å². The Hall–Kier alpha value is -2.84. The highest BCUT2D eigenvalue weighted by atomic mass is 32.1. The minimum atomic E-state index is -0.930. The molecule has 0 aliphatic heterocycles. The molecule has 0 aliphatic carbocycles. The molecule has 0 radical (unpaired) electrons. The molecule has 4 nitrogen and oxygen atoms in total. The third kappa shape index (κ3) is 3.10. The van der Waals surface area contributed by atoms with Crippen molar-refractivity contribution in [1.29, 1.82) is 5.26 Å². The molecular weight excluding hydrogens is 318 g/mol. The number of rotatable bonds is 4. The average molecular weight is 333 g/mol. The fourth-order valence-electron chi connectivity index (χ4n) is 2.52. The molecule has 3 aromatic rings. The highest BCUT2D eigenvalue weighted by Gasteiger charge is 2.25. The molecule has 5 heteroatoms. The highest BCUT2D eigenvalue weighted by Crippen LogP contribution is 2.29. The van der Waals surface area contributed by atoms with Crippen molar-refractivity contribution in [2.75, 3.05) is 0 Å². The van der Waals surface area contributed by atoms with Gasteiger partial charge in [0, 0.05) is 17.1 Å². The molecule has 0 amide bonds. The van der Waals surface area contributed by atoms with Gasteiger partial charge in [0.25, 0.3) is 0 Å². The van der Waals surface area contributed by atoms with Gasteiger partial charge in [-0.05, 0) is 31.5 Å². The maximum Gasteiger partial charge on any atom is 0.205 e. The second kappa shape index (κ2) is 6.73. The molecule has 0 saturated heterocycles. The molecule has 0 N–H and O–H groups in total. The third-order valence-electron chi connectivity index (χ3n) is 3.74. The number of aromatic nitrogens is 2. The van der Waals surface area contributed by atoms with E-state index in [-0.39, 0.29) is 5.78 Å². The van der Waals surface area contributed by atoms with Gasteiger partial charge in [-0.2, -0.15) is 5.26 Å². The van der Waals surface area contributed by atoms with Gasteiger partial charge in [0.2, 0.25) is 5.78 Å². The first-order valence-corrected chi connectivity index (χ1v) is 8.36. The molecule has 118 valence electrons. The smallest absolute Gasteiger partial charge is 0.205 e. The summed E-state index contributed by atoms with van der Waals surface area (Å²) in [7, 11) is 0.